The van der Waals surface area contributed by atoms with Gasteiger partial charge in [-0.25, -0.2) is 8.42 Å². The third kappa shape index (κ3) is 2.66. The van der Waals surface area contributed by atoms with E-state index < -0.39 is 21.1 Å². The van der Waals surface area contributed by atoms with E-state index in [2.05, 4.69) is 10.4 Å². The van der Waals surface area contributed by atoms with Crippen LogP contribution in [0.15, 0.2) is 36.7 Å². The van der Waals surface area contributed by atoms with Gasteiger partial charge in [0.05, 0.1) is 17.0 Å². The minimum atomic E-state index is -3.11. The Morgan fingerprint density at radius 3 is 2.90 bits per heavy atom. The Morgan fingerprint density at radius 1 is 1.29 bits per heavy atom. The molecular formula is C15H19N3O2S. The molecule has 2 heterocycles. The second-order valence-electron chi connectivity index (χ2n) is 5.49. The van der Waals surface area contributed by atoms with Crippen molar-refractivity contribution >= 4 is 20.6 Å². The maximum atomic E-state index is 12.4. The Kier molecular flexibility index (Phi) is 3.93. The highest BCUT2D eigenvalue weighted by molar-refractivity contribution is 7.92. The number of benzene rings is 1. The van der Waals surface area contributed by atoms with Gasteiger partial charge in [0.25, 0.3) is 0 Å². The summed E-state index contributed by atoms with van der Waals surface area (Å²) in [5, 5.41) is 1.52. The van der Waals surface area contributed by atoms with Crippen LogP contribution in [-0.4, -0.2) is 24.4 Å². The van der Waals surface area contributed by atoms with Gasteiger partial charge >= 0.3 is 0 Å². The molecule has 1 aromatic heterocycles. The normalized spacial score (nSPS) is 23.0. The lowest BCUT2D eigenvalue weighted by atomic mass is 9.96. The molecule has 0 bridgehead atoms. The summed E-state index contributed by atoms with van der Waals surface area (Å²) in [6, 6.07) is 7.37. The van der Waals surface area contributed by atoms with Crippen molar-refractivity contribution in [3.8, 4) is 0 Å². The molecule has 6 heteroatoms. The summed E-state index contributed by atoms with van der Waals surface area (Å²) in [7, 11) is -3.11. The molecule has 0 spiro atoms. The van der Waals surface area contributed by atoms with Crippen molar-refractivity contribution in [1.82, 2.24) is 10.4 Å². The number of nitrogens with one attached hydrogen (secondary N) is 1. The van der Waals surface area contributed by atoms with Gasteiger partial charge in [0.2, 0.25) is 0 Å². The van der Waals surface area contributed by atoms with Crippen LogP contribution in [0.4, 0.5) is 0 Å². The number of hydrazine groups is 1. The maximum Gasteiger partial charge on any atom is 0.155 e. The summed E-state index contributed by atoms with van der Waals surface area (Å²) >= 11 is 0. The summed E-state index contributed by atoms with van der Waals surface area (Å²) in [6.45, 7) is 0. The van der Waals surface area contributed by atoms with Crippen LogP contribution in [0.25, 0.3) is 10.8 Å². The standard InChI is InChI=1S/C15H19N3O2S/c16-18-15(14-6-1-2-9-21(14,19)20)12-5-3-4-11-7-8-17-10-13(11)12/h3-5,7-8,10,14-15,18H,1-2,6,9,16H2. The first-order valence-corrected chi connectivity index (χ1v) is 8.85. The SMILES string of the molecule is NNC(c1cccc2ccncc12)C1CCCCS1(=O)=O. The highest BCUT2D eigenvalue weighted by Crippen LogP contribution is 2.33. The highest BCUT2D eigenvalue weighted by Gasteiger charge is 2.36. The molecule has 1 aliphatic heterocycles. The van der Waals surface area contributed by atoms with Gasteiger partial charge in [0, 0.05) is 17.8 Å². The van der Waals surface area contributed by atoms with Crippen molar-refractivity contribution in [1.29, 1.82) is 0 Å². The first kappa shape index (κ1) is 14.4. The molecule has 1 aliphatic rings. The number of hydrogen-bond acceptors (Lipinski definition) is 5. The van der Waals surface area contributed by atoms with Crippen molar-refractivity contribution in [3.63, 3.8) is 0 Å². The smallest absolute Gasteiger partial charge is 0.155 e. The number of pyridine rings is 1. The Hall–Kier alpha value is -1.50. The second kappa shape index (κ2) is 5.71. The van der Waals surface area contributed by atoms with Crippen LogP contribution in [0, 0.1) is 0 Å². The molecule has 2 atom stereocenters. The number of nitrogens with zero attached hydrogens (tertiary/aromatic N) is 1. The molecule has 112 valence electrons. The number of aromatic nitrogens is 1. The van der Waals surface area contributed by atoms with Crippen LogP contribution in [0.5, 0.6) is 0 Å². The lowest BCUT2D eigenvalue weighted by Gasteiger charge is -2.30. The fraction of sp³-hybridized carbons (Fsp3) is 0.400. The van der Waals surface area contributed by atoms with Crippen LogP contribution < -0.4 is 11.3 Å². The van der Waals surface area contributed by atoms with E-state index in [4.69, 9.17) is 5.84 Å². The molecule has 1 fully saturated rings. The first-order valence-electron chi connectivity index (χ1n) is 7.14. The summed E-state index contributed by atoms with van der Waals surface area (Å²) < 4.78 is 24.8. The maximum absolute atomic E-state index is 12.4. The molecule has 21 heavy (non-hydrogen) atoms. The number of rotatable bonds is 3. The highest BCUT2D eigenvalue weighted by atomic mass is 32.2. The molecule has 0 amide bonds. The number of hydrogen-bond donors (Lipinski definition) is 2. The third-order valence-electron chi connectivity index (χ3n) is 4.23. The van der Waals surface area contributed by atoms with E-state index in [1.165, 1.54) is 0 Å². The summed E-state index contributed by atoms with van der Waals surface area (Å²) in [4.78, 5) is 4.15. The number of nitrogens with two attached hydrogens (primary N) is 1. The van der Waals surface area contributed by atoms with Crippen LogP contribution in [-0.2, 0) is 9.84 Å². The monoisotopic (exact) mass is 305 g/mol. The summed E-state index contributed by atoms with van der Waals surface area (Å²) in [5.41, 5.74) is 3.63. The molecule has 1 aromatic carbocycles. The van der Waals surface area contributed by atoms with Gasteiger partial charge in [-0.3, -0.25) is 16.3 Å². The third-order valence-corrected chi connectivity index (χ3v) is 6.52. The van der Waals surface area contributed by atoms with Crippen LogP contribution >= 0.6 is 0 Å². The minimum Gasteiger partial charge on any atom is -0.271 e. The second-order valence-corrected chi connectivity index (χ2v) is 7.83. The molecular weight excluding hydrogens is 286 g/mol. The van der Waals surface area contributed by atoms with E-state index in [-0.39, 0.29) is 5.75 Å². The van der Waals surface area contributed by atoms with Crippen molar-refractivity contribution in [2.24, 2.45) is 5.84 Å². The first-order chi connectivity index (χ1) is 10.1. The van der Waals surface area contributed by atoms with Crippen molar-refractivity contribution < 1.29 is 8.42 Å². The largest absolute Gasteiger partial charge is 0.271 e. The van der Waals surface area contributed by atoms with Gasteiger partial charge in [-0.15, -0.1) is 0 Å². The fourth-order valence-electron chi connectivity index (χ4n) is 3.16. The molecule has 3 N–H and O–H groups in total. The number of fused-ring (bicyclic) bond motifs is 1. The molecule has 0 saturated carbocycles. The zero-order valence-corrected chi connectivity index (χ0v) is 12.5. The van der Waals surface area contributed by atoms with Crippen molar-refractivity contribution in [2.45, 2.75) is 30.6 Å². The Bertz CT molecular complexity index is 740. The number of sulfone groups is 1. The average Bonchev–Trinajstić information content (AvgIpc) is 2.49. The van der Waals surface area contributed by atoms with Crippen LogP contribution in [0.1, 0.15) is 30.9 Å². The van der Waals surface area contributed by atoms with E-state index >= 15 is 0 Å². The quantitative estimate of drug-likeness (QED) is 0.666. The zero-order chi connectivity index (χ0) is 14.9. The van der Waals surface area contributed by atoms with Gasteiger partial charge in [-0.1, -0.05) is 24.6 Å². The van der Waals surface area contributed by atoms with Crippen LogP contribution in [0.3, 0.4) is 0 Å². The molecule has 0 aliphatic carbocycles. The Morgan fingerprint density at radius 2 is 2.14 bits per heavy atom. The zero-order valence-electron chi connectivity index (χ0n) is 11.7. The Balaban J connectivity index is 2.10. The molecule has 2 aromatic rings. The minimum absolute atomic E-state index is 0.249. The van der Waals surface area contributed by atoms with Gasteiger partial charge in [-0.05, 0) is 29.9 Å². The lowest BCUT2D eigenvalue weighted by Crippen LogP contribution is -2.43. The van der Waals surface area contributed by atoms with E-state index in [1.54, 1.807) is 12.4 Å². The van der Waals surface area contributed by atoms with E-state index in [1.807, 2.05) is 24.3 Å². The lowest BCUT2D eigenvalue weighted by molar-refractivity contribution is 0.455. The molecule has 3 rings (SSSR count). The fourth-order valence-corrected chi connectivity index (χ4v) is 5.23. The molecule has 0 radical (unpaired) electrons. The van der Waals surface area contributed by atoms with Crippen molar-refractivity contribution in [2.75, 3.05) is 5.75 Å². The van der Waals surface area contributed by atoms with Gasteiger partial charge in [0.15, 0.2) is 9.84 Å². The van der Waals surface area contributed by atoms with Gasteiger partial charge in [0.1, 0.15) is 0 Å². The van der Waals surface area contributed by atoms with Crippen LogP contribution in [0.2, 0.25) is 0 Å². The van der Waals surface area contributed by atoms with Gasteiger partial charge < -0.3 is 0 Å². The topological polar surface area (TPSA) is 85.1 Å². The predicted molar refractivity (Wildman–Crippen MR) is 83.2 cm³/mol. The molecule has 1 saturated heterocycles. The molecule has 2 unspecified atom stereocenters. The summed E-state index contributed by atoms with van der Waals surface area (Å²) in [5.74, 6) is 5.96. The predicted octanol–water partition coefficient (Wildman–Crippen LogP) is 1.71. The van der Waals surface area contributed by atoms with E-state index in [0.29, 0.717) is 6.42 Å². The average molecular weight is 305 g/mol. The van der Waals surface area contributed by atoms with Crippen molar-refractivity contribution in [3.05, 3.63) is 42.2 Å². The van der Waals surface area contributed by atoms with E-state index in [9.17, 15) is 8.42 Å². The van der Waals surface area contributed by atoms with E-state index in [0.717, 1.165) is 29.2 Å². The van der Waals surface area contributed by atoms with Gasteiger partial charge in [-0.2, -0.15) is 0 Å². The molecule has 5 nitrogen and oxygen atoms in total. The Labute approximate surface area is 124 Å². The summed E-state index contributed by atoms with van der Waals surface area (Å²) in [6.07, 6.45) is 5.81.